The number of piperidine rings is 1. The van der Waals surface area contributed by atoms with Crippen molar-refractivity contribution in [3.8, 4) is 0 Å². The number of rotatable bonds is 6. The molecular formula is C23H32N2O2. The minimum Gasteiger partial charge on any atom is -0.342 e. The fourth-order valence-electron chi connectivity index (χ4n) is 4.38. The Kier molecular flexibility index (Phi) is 6.03. The smallest absolute Gasteiger partial charge is 0.230 e. The highest BCUT2D eigenvalue weighted by Gasteiger charge is 2.49. The number of hydrogen-bond acceptors (Lipinski definition) is 2. The number of benzene rings is 1. The first-order valence-electron chi connectivity index (χ1n) is 10.2. The van der Waals surface area contributed by atoms with E-state index in [2.05, 4.69) is 44.7 Å². The van der Waals surface area contributed by atoms with Gasteiger partial charge in [-0.2, -0.15) is 0 Å². The van der Waals surface area contributed by atoms with Gasteiger partial charge >= 0.3 is 0 Å². The maximum Gasteiger partial charge on any atom is 0.230 e. The third-order valence-corrected chi connectivity index (χ3v) is 6.11. The first-order valence-corrected chi connectivity index (χ1v) is 10.2. The molecule has 0 radical (unpaired) electrons. The number of nitrogens with zero attached hydrogens (tertiary/aromatic N) is 2. The molecule has 0 bridgehead atoms. The van der Waals surface area contributed by atoms with Crippen molar-refractivity contribution in [1.82, 2.24) is 9.80 Å². The van der Waals surface area contributed by atoms with Crippen LogP contribution in [0.1, 0.15) is 63.0 Å². The zero-order valence-corrected chi connectivity index (χ0v) is 16.7. The zero-order valence-electron chi connectivity index (χ0n) is 16.7. The summed E-state index contributed by atoms with van der Waals surface area (Å²) in [5, 5.41) is 0. The molecule has 146 valence electrons. The van der Waals surface area contributed by atoms with E-state index in [1.54, 1.807) is 6.08 Å². The SMILES string of the molecule is C=CCCC(=O)N1CC[C@@]2(CCCN(Cc3ccc(C(C)C)cc3)C2=O)C1. The standard InChI is InChI=1S/C23H32N2O2/c1-4-5-7-21(26)25-15-13-23(17-25)12-6-14-24(22(23)27)16-19-8-10-20(11-9-19)18(2)3/h4,8-11,18H,1,5-7,12-17H2,2-3H3/t23-/m0/s1. The van der Waals surface area contributed by atoms with Crippen molar-refractivity contribution in [1.29, 1.82) is 0 Å². The Morgan fingerprint density at radius 2 is 1.96 bits per heavy atom. The van der Waals surface area contributed by atoms with E-state index >= 15 is 0 Å². The maximum absolute atomic E-state index is 13.3. The molecule has 2 aliphatic rings. The minimum atomic E-state index is -0.361. The van der Waals surface area contributed by atoms with Crippen LogP contribution in [-0.4, -0.2) is 41.2 Å². The predicted molar refractivity (Wildman–Crippen MR) is 108 cm³/mol. The summed E-state index contributed by atoms with van der Waals surface area (Å²) < 4.78 is 0. The summed E-state index contributed by atoms with van der Waals surface area (Å²) in [7, 11) is 0. The second-order valence-corrected chi connectivity index (χ2v) is 8.40. The van der Waals surface area contributed by atoms with Crippen molar-refractivity contribution >= 4 is 11.8 Å². The molecule has 2 saturated heterocycles. The molecule has 27 heavy (non-hydrogen) atoms. The number of carbonyl (C=O) groups is 2. The van der Waals surface area contributed by atoms with Crippen LogP contribution in [0.4, 0.5) is 0 Å². The average molecular weight is 369 g/mol. The van der Waals surface area contributed by atoms with E-state index in [0.29, 0.717) is 38.4 Å². The summed E-state index contributed by atoms with van der Waals surface area (Å²) in [6, 6.07) is 8.62. The third-order valence-electron chi connectivity index (χ3n) is 6.11. The summed E-state index contributed by atoms with van der Waals surface area (Å²) in [5.41, 5.74) is 2.14. The molecular weight excluding hydrogens is 336 g/mol. The van der Waals surface area contributed by atoms with Crippen LogP contribution in [0.3, 0.4) is 0 Å². The molecule has 0 unspecified atom stereocenters. The molecule has 4 nitrogen and oxygen atoms in total. The summed E-state index contributed by atoms with van der Waals surface area (Å²) in [6.07, 6.45) is 5.70. The molecule has 2 fully saturated rings. The van der Waals surface area contributed by atoms with Gasteiger partial charge < -0.3 is 9.80 Å². The Hall–Kier alpha value is -2.10. The van der Waals surface area contributed by atoms with Crippen LogP contribution in [0, 0.1) is 5.41 Å². The number of allylic oxidation sites excluding steroid dienone is 1. The van der Waals surface area contributed by atoms with Gasteiger partial charge in [-0.25, -0.2) is 0 Å². The van der Waals surface area contributed by atoms with Crippen LogP contribution in [0.5, 0.6) is 0 Å². The largest absolute Gasteiger partial charge is 0.342 e. The Morgan fingerprint density at radius 3 is 2.63 bits per heavy atom. The highest BCUT2D eigenvalue weighted by molar-refractivity contribution is 5.86. The molecule has 0 aliphatic carbocycles. The molecule has 1 aromatic carbocycles. The van der Waals surface area contributed by atoms with E-state index in [4.69, 9.17) is 0 Å². The van der Waals surface area contributed by atoms with Crippen molar-refractivity contribution in [2.75, 3.05) is 19.6 Å². The second-order valence-electron chi connectivity index (χ2n) is 8.40. The average Bonchev–Trinajstić information content (AvgIpc) is 3.09. The van der Waals surface area contributed by atoms with Crippen LogP contribution in [0.25, 0.3) is 0 Å². The lowest BCUT2D eigenvalue weighted by atomic mass is 9.78. The fraction of sp³-hybridized carbons (Fsp3) is 0.565. The third kappa shape index (κ3) is 4.26. The Labute approximate surface area is 163 Å². The minimum absolute atomic E-state index is 0.154. The van der Waals surface area contributed by atoms with Crippen LogP contribution in [0.15, 0.2) is 36.9 Å². The van der Waals surface area contributed by atoms with Crippen molar-refractivity contribution in [2.45, 2.75) is 58.4 Å². The van der Waals surface area contributed by atoms with Crippen molar-refractivity contribution in [3.05, 3.63) is 48.0 Å². The highest BCUT2D eigenvalue weighted by atomic mass is 16.2. The van der Waals surface area contributed by atoms with E-state index in [-0.39, 0.29) is 17.2 Å². The van der Waals surface area contributed by atoms with Crippen LogP contribution in [0.2, 0.25) is 0 Å². The monoisotopic (exact) mass is 368 g/mol. The lowest BCUT2D eigenvalue weighted by Gasteiger charge is -2.39. The van der Waals surface area contributed by atoms with Gasteiger partial charge in [0.15, 0.2) is 0 Å². The van der Waals surface area contributed by atoms with Crippen molar-refractivity contribution in [3.63, 3.8) is 0 Å². The lowest BCUT2D eigenvalue weighted by Crippen LogP contribution is -2.50. The Bertz CT molecular complexity index is 695. The molecule has 2 amide bonds. The van der Waals surface area contributed by atoms with E-state index in [1.165, 1.54) is 11.1 Å². The van der Waals surface area contributed by atoms with E-state index in [1.807, 2.05) is 9.80 Å². The van der Waals surface area contributed by atoms with Gasteiger partial charge in [-0.05, 0) is 42.7 Å². The molecule has 0 aromatic heterocycles. The Balaban J connectivity index is 1.65. The topological polar surface area (TPSA) is 40.6 Å². The molecule has 3 rings (SSSR count). The number of likely N-dealkylation sites (tertiary alicyclic amines) is 2. The van der Waals surface area contributed by atoms with E-state index in [0.717, 1.165) is 25.8 Å². The van der Waals surface area contributed by atoms with Gasteiger partial charge in [-0.15, -0.1) is 6.58 Å². The van der Waals surface area contributed by atoms with Crippen LogP contribution >= 0.6 is 0 Å². The fourth-order valence-corrected chi connectivity index (χ4v) is 4.38. The molecule has 1 aromatic rings. The number of hydrogen-bond donors (Lipinski definition) is 0. The second kappa shape index (κ2) is 8.28. The molecule has 0 saturated carbocycles. The maximum atomic E-state index is 13.3. The first-order chi connectivity index (χ1) is 12.9. The Morgan fingerprint density at radius 1 is 1.22 bits per heavy atom. The number of carbonyl (C=O) groups excluding carboxylic acids is 2. The number of amides is 2. The van der Waals surface area contributed by atoms with E-state index in [9.17, 15) is 9.59 Å². The zero-order chi connectivity index (χ0) is 19.4. The van der Waals surface area contributed by atoms with Crippen LogP contribution < -0.4 is 0 Å². The first kappa shape index (κ1) is 19.7. The van der Waals surface area contributed by atoms with Gasteiger partial charge in [0.2, 0.25) is 11.8 Å². The highest BCUT2D eigenvalue weighted by Crippen LogP contribution is 2.40. The summed E-state index contributed by atoms with van der Waals surface area (Å²) in [6.45, 7) is 10.8. The summed E-state index contributed by atoms with van der Waals surface area (Å²) >= 11 is 0. The lowest BCUT2D eigenvalue weighted by molar-refractivity contribution is -0.146. The van der Waals surface area contributed by atoms with Gasteiger partial charge in [0.1, 0.15) is 0 Å². The van der Waals surface area contributed by atoms with Crippen LogP contribution in [-0.2, 0) is 16.1 Å². The van der Waals surface area contributed by atoms with Gasteiger partial charge in [0.25, 0.3) is 0 Å². The molecule has 1 spiro atoms. The molecule has 2 aliphatic heterocycles. The molecule has 2 heterocycles. The van der Waals surface area contributed by atoms with Gasteiger partial charge in [-0.1, -0.05) is 44.2 Å². The van der Waals surface area contributed by atoms with Crippen molar-refractivity contribution < 1.29 is 9.59 Å². The molecule has 4 heteroatoms. The van der Waals surface area contributed by atoms with Gasteiger partial charge in [0.05, 0.1) is 5.41 Å². The van der Waals surface area contributed by atoms with E-state index < -0.39 is 0 Å². The van der Waals surface area contributed by atoms with Crippen molar-refractivity contribution in [2.24, 2.45) is 5.41 Å². The quantitative estimate of drug-likeness (QED) is 0.709. The van der Waals surface area contributed by atoms with Gasteiger partial charge in [0, 0.05) is 32.6 Å². The summed E-state index contributed by atoms with van der Waals surface area (Å²) in [4.78, 5) is 29.5. The summed E-state index contributed by atoms with van der Waals surface area (Å²) in [5.74, 6) is 0.906. The normalized spacial score (nSPS) is 22.7. The predicted octanol–water partition coefficient (Wildman–Crippen LogP) is 4.12. The molecule has 0 N–H and O–H groups in total. The van der Waals surface area contributed by atoms with Gasteiger partial charge in [-0.3, -0.25) is 9.59 Å². The molecule has 1 atom stereocenters.